The van der Waals surface area contributed by atoms with E-state index in [1.54, 1.807) is 6.07 Å². The van der Waals surface area contributed by atoms with Crippen molar-refractivity contribution in [3.05, 3.63) is 52.8 Å². The summed E-state index contributed by atoms with van der Waals surface area (Å²) < 4.78 is 14.2. The Hall–Kier alpha value is -1.80. The lowest BCUT2D eigenvalue weighted by molar-refractivity contribution is 0.438. The van der Waals surface area contributed by atoms with Gasteiger partial charge in [0.15, 0.2) is 11.6 Å². The maximum absolute atomic E-state index is 14.2. The fraction of sp³-hybridized carbons (Fsp3) is 0.222. The van der Waals surface area contributed by atoms with Gasteiger partial charge in [0.2, 0.25) is 0 Å². The lowest BCUT2D eigenvalue weighted by atomic mass is 9.94. The molecule has 0 radical (unpaired) electrons. The molecule has 0 heterocycles. The highest BCUT2D eigenvalue weighted by Crippen LogP contribution is 2.41. The van der Waals surface area contributed by atoms with Crippen LogP contribution in [0.25, 0.3) is 21.5 Å². The van der Waals surface area contributed by atoms with Crippen molar-refractivity contribution in [3.8, 4) is 5.75 Å². The van der Waals surface area contributed by atoms with Gasteiger partial charge in [-0.25, -0.2) is 4.39 Å². The van der Waals surface area contributed by atoms with E-state index in [2.05, 4.69) is 6.92 Å². The summed E-state index contributed by atoms with van der Waals surface area (Å²) in [5, 5.41) is 13.6. The molecule has 3 heteroatoms. The average Bonchev–Trinajstić information content (AvgIpc) is 2.52. The molecular formula is C18H16ClFO. The minimum Gasteiger partial charge on any atom is -0.504 e. The zero-order chi connectivity index (χ0) is 15.0. The smallest absolute Gasteiger partial charge is 0.184 e. The lowest BCUT2D eigenvalue weighted by Crippen LogP contribution is -1.95. The summed E-state index contributed by atoms with van der Waals surface area (Å²) in [6.45, 7) is 2.09. The van der Waals surface area contributed by atoms with Gasteiger partial charge in [0, 0.05) is 5.39 Å². The summed E-state index contributed by atoms with van der Waals surface area (Å²) in [7, 11) is 0. The van der Waals surface area contributed by atoms with Crippen molar-refractivity contribution in [2.75, 3.05) is 0 Å². The van der Waals surface area contributed by atoms with Crippen LogP contribution in [-0.2, 0) is 6.42 Å². The molecule has 3 aromatic carbocycles. The van der Waals surface area contributed by atoms with Gasteiger partial charge in [-0.2, -0.15) is 0 Å². The fourth-order valence-electron chi connectivity index (χ4n) is 2.85. The van der Waals surface area contributed by atoms with Crippen molar-refractivity contribution >= 4 is 33.1 Å². The Bertz CT molecular complexity index is 826. The van der Waals surface area contributed by atoms with E-state index in [1.807, 2.05) is 30.3 Å². The molecule has 0 aliphatic carbocycles. The highest BCUT2D eigenvalue weighted by atomic mass is 35.5. The first kappa shape index (κ1) is 14.2. The second-order valence-corrected chi connectivity index (χ2v) is 5.65. The monoisotopic (exact) mass is 302 g/mol. The van der Waals surface area contributed by atoms with Crippen LogP contribution < -0.4 is 0 Å². The Balaban J connectivity index is 2.48. The molecule has 3 rings (SSSR count). The van der Waals surface area contributed by atoms with E-state index < -0.39 is 5.82 Å². The van der Waals surface area contributed by atoms with E-state index in [9.17, 15) is 9.50 Å². The molecule has 0 aliphatic rings. The summed E-state index contributed by atoms with van der Waals surface area (Å²) >= 11 is 6.18. The van der Waals surface area contributed by atoms with E-state index in [0.717, 1.165) is 34.6 Å². The number of hydrogen-bond donors (Lipinski definition) is 1. The van der Waals surface area contributed by atoms with Crippen molar-refractivity contribution in [2.24, 2.45) is 0 Å². The van der Waals surface area contributed by atoms with Crippen molar-refractivity contribution in [3.63, 3.8) is 0 Å². The van der Waals surface area contributed by atoms with Gasteiger partial charge in [0.05, 0.1) is 5.02 Å². The van der Waals surface area contributed by atoms with Crippen LogP contribution in [0.4, 0.5) is 4.39 Å². The predicted molar refractivity (Wildman–Crippen MR) is 86.7 cm³/mol. The summed E-state index contributed by atoms with van der Waals surface area (Å²) in [4.78, 5) is 0. The normalized spacial score (nSPS) is 11.4. The molecule has 108 valence electrons. The predicted octanol–water partition coefficient (Wildman–Crippen LogP) is 5.83. The SMILES string of the molecule is CCCCc1c(Cl)c(F)c(O)c2ccc3ccccc3c12. The quantitative estimate of drug-likeness (QED) is 0.603. The Morgan fingerprint density at radius 1 is 1.10 bits per heavy atom. The summed E-state index contributed by atoms with van der Waals surface area (Å²) in [6, 6.07) is 11.6. The Kier molecular flexibility index (Phi) is 3.73. The van der Waals surface area contributed by atoms with Gasteiger partial charge in [0.1, 0.15) is 0 Å². The molecule has 0 saturated heterocycles. The standard InChI is InChI=1S/C18H16ClFO/c1-2-3-7-13-15-12-8-5-4-6-11(12)9-10-14(15)18(21)17(20)16(13)19/h4-6,8-10,21H,2-3,7H2,1H3. The van der Waals surface area contributed by atoms with E-state index in [0.29, 0.717) is 11.8 Å². The number of benzene rings is 3. The second kappa shape index (κ2) is 5.53. The average molecular weight is 303 g/mol. The molecule has 0 atom stereocenters. The number of phenolic OH excluding ortho intramolecular Hbond substituents is 1. The van der Waals surface area contributed by atoms with Crippen molar-refractivity contribution < 1.29 is 9.50 Å². The molecule has 0 aromatic heterocycles. The third-order valence-electron chi connectivity index (χ3n) is 3.93. The number of aromatic hydroxyl groups is 1. The summed E-state index contributed by atoms with van der Waals surface area (Å²) in [5.41, 5.74) is 0.792. The molecule has 0 amide bonds. The van der Waals surface area contributed by atoms with E-state index in [4.69, 9.17) is 11.6 Å². The first-order valence-corrected chi connectivity index (χ1v) is 7.53. The molecule has 1 N–H and O–H groups in total. The molecule has 0 bridgehead atoms. The summed E-state index contributed by atoms with van der Waals surface area (Å²) in [5.74, 6) is -1.08. The van der Waals surface area contributed by atoms with Crippen molar-refractivity contribution in [1.82, 2.24) is 0 Å². The van der Waals surface area contributed by atoms with Gasteiger partial charge < -0.3 is 5.11 Å². The first-order chi connectivity index (χ1) is 10.1. The van der Waals surface area contributed by atoms with Gasteiger partial charge >= 0.3 is 0 Å². The highest BCUT2D eigenvalue weighted by molar-refractivity contribution is 6.33. The molecule has 1 nitrogen and oxygen atoms in total. The maximum Gasteiger partial charge on any atom is 0.184 e. The number of aryl methyl sites for hydroxylation is 1. The van der Waals surface area contributed by atoms with E-state index in [-0.39, 0.29) is 10.8 Å². The molecule has 21 heavy (non-hydrogen) atoms. The Labute approximate surface area is 128 Å². The number of unbranched alkanes of at least 4 members (excludes halogenated alkanes) is 1. The van der Waals surface area contributed by atoms with Crippen LogP contribution in [0.2, 0.25) is 5.02 Å². The largest absolute Gasteiger partial charge is 0.504 e. The maximum atomic E-state index is 14.2. The number of halogens is 2. The van der Waals surface area contributed by atoms with Gasteiger partial charge in [-0.3, -0.25) is 0 Å². The number of rotatable bonds is 3. The minimum absolute atomic E-state index is 0.0461. The molecule has 0 aliphatic heterocycles. The summed E-state index contributed by atoms with van der Waals surface area (Å²) in [6.07, 6.45) is 2.64. The fourth-order valence-corrected chi connectivity index (χ4v) is 3.13. The van der Waals surface area contributed by atoms with Gasteiger partial charge in [-0.15, -0.1) is 0 Å². The molecule has 0 saturated carbocycles. The second-order valence-electron chi connectivity index (χ2n) is 5.27. The molecule has 0 unspecified atom stereocenters. The topological polar surface area (TPSA) is 20.2 Å². The van der Waals surface area contributed by atoms with Crippen LogP contribution in [0.3, 0.4) is 0 Å². The molecule has 0 spiro atoms. The lowest BCUT2D eigenvalue weighted by Gasteiger charge is -2.14. The number of fused-ring (bicyclic) bond motifs is 3. The van der Waals surface area contributed by atoms with Crippen LogP contribution >= 0.6 is 11.6 Å². The van der Waals surface area contributed by atoms with Crippen LogP contribution in [-0.4, -0.2) is 5.11 Å². The van der Waals surface area contributed by atoms with E-state index in [1.165, 1.54) is 0 Å². The molecular weight excluding hydrogens is 287 g/mol. The van der Waals surface area contributed by atoms with Gasteiger partial charge in [0.25, 0.3) is 0 Å². The zero-order valence-corrected chi connectivity index (χ0v) is 12.5. The Morgan fingerprint density at radius 3 is 2.62 bits per heavy atom. The zero-order valence-electron chi connectivity index (χ0n) is 11.8. The Morgan fingerprint density at radius 2 is 1.86 bits per heavy atom. The minimum atomic E-state index is -0.717. The van der Waals surface area contributed by atoms with Crippen LogP contribution in [0.5, 0.6) is 5.75 Å². The van der Waals surface area contributed by atoms with Gasteiger partial charge in [-0.1, -0.05) is 55.3 Å². The van der Waals surface area contributed by atoms with Crippen molar-refractivity contribution in [1.29, 1.82) is 0 Å². The third-order valence-corrected chi connectivity index (χ3v) is 4.33. The van der Waals surface area contributed by atoms with Crippen molar-refractivity contribution in [2.45, 2.75) is 26.2 Å². The highest BCUT2D eigenvalue weighted by Gasteiger charge is 2.19. The molecule has 3 aromatic rings. The molecule has 0 fully saturated rings. The van der Waals surface area contributed by atoms with Crippen LogP contribution in [0, 0.1) is 5.82 Å². The number of phenols is 1. The first-order valence-electron chi connectivity index (χ1n) is 7.15. The van der Waals surface area contributed by atoms with E-state index >= 15 is 0 Å². The van der Waals surface area contributed by atoms with Gasteiger partial charge in [-0.05, 0) is 40.6 Å². The number of hydrogen-bond acceptors (Lipinski definition) is 1. The van der Waals surface area contributed by atoms with Crippen LogP contribution in [0.15, 0.2) is 36.4 Å². The third kappa shape index (κ3) is 2.24. The van der Waals surface area contributed by atoms with Crippen LogP contribution in [0.1, 0.15) is 25.3 Å².